The van der Waals surface area contributed by atoms with Crippen LogP contribution in [0.4, 0.5) is 5.00 Å². The number of hydrazine groups is 1. The largest absolute Gasteiger partial charge is 0.352 e. The molecule has 8 nitrogen and oxygen atoms in total. The molecule has 0 spiro atoms. The first-order valence-electron chi connectivity index (χ1n) is 13.1. The van der Waals surface area contributed by atoms with Crippen LogP contribution in [-0.2, 0) is 24.2 Å². The molecule has 0 radical (unpaired) electrons. The van der Waals surface area contributed by atoms with Gasteiger partial charge in [0, 0.05) is 30.4 Å². The van der Waals surface area contributed by atoms with E-state index in [1.807, 2.05) is 18.2 Å². The van der Waals surface area contributed by atoms with E-state index in [4.69, 9.17) is 10.8 Å². The van der Waals surface area contributed by atoms with Crippen molar-refractivity contribution in [2.24, 2.45) is 22.7 Å². The minimum atomic E-state index is -0.0773. The monoisotopic (exact) mass is 508 g/mol. The molecule has 2 saturated carbocycles. The van der Waals surface area contributed by atoms with E-state index >= 15 is 0 Å². The zero-order chi connectivity index (χ0) is 25.1. The number of carbonyl (C=O) groups is 2. The highest BCUT2D eigenvalue weighted by Gasteiger charge is 2.34. The summed E-state index contributed by atoms with van der Waals surface area (Å²) in [5.41, 5.74) is 5.68. The number of amides is 2. The molecule has 1 heterocycles. The van der Waals surface area contributed by atoms with E-state index in [0.717, 1.165) is 37.8 Å². The number of rotatable bonds is 9. The molecule has 192 valence electrons. The van der Waals surface area contributed by atoms with Crippen molar-refractivity contribution < 1.29 is 9.59 Å². The lowest BCUT2D eigenvalue weighted by Gasteiger charge is -2.27. The van der Waals surface area contributed by atoms with Gasteiger partial charge in [-0.25, -0.2) is 10.8 Å². The Morgan fingerprint density at radius 3 is 2.58 bits per heavy atom. The second kappa shape index (κ2) is 11.0. The Labute approximate surface area is 216 Å². The lowest BCUT2D eigenvalue weighted by molar-refractivity contribution is -0.117. The van der Waals surface area contributed by atoms with Gasteiger partial charge in [-0.15, -0.1) is 11.3 Å². The summed E-state index contributed by atoms with van der Waals surface area (Å²) >= 11 is 1.56. The Hall–Kier alpha value is -2.91. The van der Waals surface area contributed by atoms with Gasteiger partial charge in [-0.05, 0) is 68.9 Å². The van der Waals surface area contributed by atoms with Crippen molar-refractivity contribution in [2.75, 3.05) is 18.4 Å². The minimum Gasteiger partial charge on any atom is -0.352 e. The van der Waals surface area contributed by atoms with Gasteiger partial charge in [-0.1, -0.05) is 30.3 Å². The van der Waals surface area contributed by atoms with Crippen LogP contribution in [0.25, 0.3) is 0 Å². The molecule has 1 aromatic heterocycles. The number of benzene rings is 1. The Morgan fingerprint density at radius 1 is 1.14 bits per heavy atom. The smallest absolute Gasteiger partial charge is 0.254 e. The van der Waals surface area contributed by atoms with E-state index in [-0.39, 0.29) is 23.8 Å². The Morgan fingerprint density at radius 2 is 1.92 bits per heavy atom. The molecule has 3 aliphatic rings. The van der Waals surface area contributed by atoms with Gasteiger partial charge in [0.15, 0.2) is 0 Å². The van der Waals surface area contributed by atoms with Gasteiger partial charge in [-0.2, -0.15) is 0 Å². The average molecular weight is 509 g/mol. The van der Waals surface area contributed by atoms with Crippen LogP contribution >= 0.6 is 11.3 Å². The molecule has 1 atom stereocenters. The molecular weight excluding hydrogens is 472 g/mol. The third-order valence-corrected chi connectivity index (χ3v) is 8.43. The summed E-state index contributed by atoms with van der Waals surface area (Å²) < 4.78 is 0. The minimum absolute atomic E-state index is 0.00457. The summed E-state index contributed by atoms with van der Waals surface area (Å²) in [6.45, 7) is 4.27. The molecule has 1 aromatic carbocycles. The number of aliphatic imine (C=N–C) groups is 1. The van der Waals surface area contributed by atoms with Crippen molar-refractivity contribution in [3.05, 3.63) is 51.9 Å². The SMILES string of the molecule is CCN(Cc1ccccc1)C(=NC1CCc2sc(NC(=O)C3CC3)c(C(=O)NCC3CC3)c2C1)NN. The van der Waals surface area contributed by atoms with E-state index in [1.165, 1.54) is 23.3 Å². The van der Waals surface area contributed by atoms with Gasteiger partial charge >= 0.3 is 0 Å². The second-order valence-electron chi connectivity index (χ2n) is 10.1. The van der Waals surface area contributed by atoms with Crippen LogP contribution in [0.1, 0.15) is 65.4 Å². The Kier molecular flexibility index (Phi) is 7.57. The highest BCUT2D eigenvalue weighted by Crippen LogP contribution is 2.40. The standard InChI is InChI=1S/C27H36N6O2S/c1-2-33(16-18-6-4-3-5-7-18)27(32-28)30-20-12-13-22-21(14-20)23(25(35)29-15-17-8-9-17)26(36-22)31-24(34)19-10-11-19/h3-7,17,19-20H,2,8-16,28H2,1H3,(H,29,35)(H,30,32)(H,31,34). The first kappa shape index (κ1) is 24.8. The fourth-order valence-corrected chi connectivity index (χ4v) is 5.98. The van der Waals surface area contributed by atoms with Gasteiger partial charge in [0.25, 0.3) is 5.91 Å². The lowest BCUT2D eigenvalue weighted by atomic mass is 9.91. The number of thiophene rings is 1. The van der Waals surface area contributed by atoms with Crippen molar-refractivity contribution in [1.29, 1.82) is 0 Å². The number of carbonyl (C=O) groups excluding carboxylic acids is 2. The third-order valence-electron chi connectivity index (χ3n) is 7.23. The number of aryl methyl sites for hydroxylation is 1. The molecule has 2 aromatic rings. The average Bonchev–Trinajstić information content (AvgIpc) is 3.82. The van der Waals surface area contributed by atoms with E-state index < -0.39 is 0 Å². The Balaban J connectivity index is 1.36. The quantitative estimate of drug-likeness (QED) is 0.179. The molecule has 5 rings (SSSR count). The normalized spacial score (nSPS) is 19.4. The zero-order valence-corrected chi connectivity index (χ0v) is 21.7. The van der Waals surface area contributed by atoms with E-state index in [9.17, 15) is 9.59 Å². The predicted octanol–water partition coefficient (Wildman–Crippen LogP) is 3.44. The van der Waals surface area contributed by atoms with Crippen molar-refractivity contribution in [2.45, 2.75) is 64.5 Å². The summed E-state index contributed by atoms with van der Waals surface area (Å²) in [6, 6.07) is 10.3. The highest BCUT2D eigenvalue weighted by atomic mass is 32.1. The van der Waals surface area contributed by atoms with Gasteiger partial charge in [0.05, 0.1) is 11.6 Å². The van der Waals surface area contributed by atoms with Crippen molar-refractivity contribution in [3.8, 4) is 0 Å². The maximum Gasteiger partial charge on any atom is 0.254 e. The number of guanidine groups is 1. The lowest BCUT2D eigenvalue weighted by Crippen LogP contribution is -2.45. The van der Waals surface area contributed by atoms with E-state index in [2.05, 4.69) is 40.0 Å². The maximum atomic E-state index is 13.3. The van der Waals surface area contributed by atoms with E-state index in [0.29, 0.717) is 42.0 Å². The maximum absolute atomic E-state index is 13.3. The van der Waals surface area contributed by atoms with Crippen LogP contribution < -0.4 is 21.9 Å². The van der Waals surface area contributed by atoms with E-state index in [1.54, 1.807) is 11.3 Å². The fourth-order valence-electron chi connectivity index (χ4n) is 4.73. The highest BCUT2D eigenvalue weighted by molar-refractivity contribution is 7.17. The molecule has 0 aliphatic heterocycles. The number of hydrogen-bond acceptors (Lipinski definition) is 5. The first-order valence-corrected chi connectivity index (χ1v) is 13.9. The fraction of sp³-hybridized carbons (Fsp3) is 0.519. The number of nitrogens with zero attached hydrogens (tertiary/aromatic N) is 2. The number of fused-ring (bicyclic) bond motifs is 1. The van der Waals surface area contributed by atoms with Crippen LogP contribution in [-0.4, -0.2) is 41.8 Å². The van der Waals surface area contributed by atoms with Gasteiger partial charge < -0.3 is 15.5 Å². The van der Waals surface area contributed by atoms with Crippen molar-refractivity contribution in [3.63, 3.8) is 0 Å². The number of anilines is 1. The van der Waals surface area contributed by atoms with Crippen LogP contribution in [0.15, 0.2) is 35.3 Å². The van der Waals surface area contributed by atoms with Crippen LogP contribution in [0.3, 0.4) is 0 Å². The molecule has 1 unspecified atom stereocenters. The van der Waals surface area contributed by atoms with Crippen LogP contribution in [0, 0.1) is 11.8 Å². The molecule has 2 amide bonds. The second-order valence-corrected chi connectivity index (χ2v) is 11.2. The molecular formula is C27H36N6O2S. The molecule has 0 bridgehead atoms. The van der Waals surface area contributed by atoms with Crippen molar-refractivity contribution >= 4 is 34.1 Å². The summed E-state index contributed by atoms with van der Waals surface area (Å²) in [5.74, 6) is 7.23. The summed E-state index contributed by atoms with van der Waals surface area (Å²) in [5, 5.41) is 6.90. The molecule has 0 saturated heterocycles. The first-order chi connectivity index (χ1) is 17.6. The number of nitrogens with two attached hydrogens (primary N) is 1. The van der Waals surface area contributed by atoms with Crippen molar-refractivity contribution in [1.82, 2.24) is 15.6 Å². The molecule has 5 N–H and O–H groups in total. The zero-order valence-electron chi connectivity index (χ0n) is 20.9. The number of nitrogens with one attached hydrogen (secondary N) is 3. The molecule has 2 fully saturated rings. The summed E-state index contributed by atoms with van der Waals surface area (Å²) in [4.78, 5) is 34.2. The summed E-state index contributed by atoms with van der Waals surface area (Å²) in [6.07, 6.45) is 6.59. The summed E-state index contributed by atoms with van der Waals surface area (Å²) in [7, 11) is 0. The van der Waals surface area contributed by atoms with Crippen LogP contribution in [0.2, 0.25) is 0 Å². The number of hydrogen-bond donors (Lipinski definition) is 4. The van der Waals surface area contributed by atoms with Gasteiger partial charge in [0.2, 0.25) is 11.9 Å². The third kappa shape index (κ3) is 5.90. The van der Waals surface area contributed by atoms with Gasteiger partial charge in [0.1, 0.15) is 5.00 Å². The Bertz CT molecular complexity index is 1120. The van der Waals surface area contributed by atoms with Crippen LogP contribution in [0.5, 0.6) is 0 Å². The van der Waals surface area contributed by atoms with Gasteiger partial charge in [-0.3, -0.25) is 15.0 Å². The molecule has 36 heavy (non-hydrogen) atoms. The molecule has 9 heteroatoms. The predicted molar refractivity (Wildman–Crippen MR) is 144 cm³/mol. The molecule has 3 aliphatic carbocycles. The topological polar surface area (TPSA) is 112 Å².